The van der Waals surface area contributed by atoms with Gasteiger partial charge >= 0.3 is 5.97 Å². The quantitative estimate of drug-likeness (QED) is 0.812. The number of aromatic nitrogens is 1. The zero-order chi connectivity index (χ0) is 19.7. The molecule has 0 spiro atoms. The number of rotatable bonds is 3. The molecule has 3 rings (SSSR count). The summed E-state index contributed by atoms with van der Waals surface area (Å²) < 4.78 is 12.1. The first-order valence-corrected chi connectivity index (χ1v) is 8.93. The van der Waals surface area contributed by atoms with Crippen LogP contribution in [0.15, 0.2) is 24.4 Å². The zero-order valence-electron chi connectivity index (χ0n) is 15.4. The van der Waals surface area contributed by atoms with Crippen LogP contribution in [0, 0.1) is 11.3 Å². The van der Waals surface area contributed by atoms with Gasteiger partial charge in [-0.2, -0.15) is 5.26 Å². The van der Waals surface area contributed by atoms with Crippen molar-refractivity contribution in [2.75, 3.05) is 30.8 Å². The number of halogens is 1. The van der Waals surface area contributed by atoms with Crippen molar-refractivity contribution in [1.82, 2.24) is 4.57 Å². The summed E-state index contributed by atoms with van der Waals surface area (Å²) in [5.74, 6) is -0.620. The monoisotopic (exact) mass is 388 g/mol. The number of esters is 1. The predicted molar refractivity (Wildman–Crippen MR) is 103 cm³/mol. The standard InChI is InChI=1S/C19H21ClN4O3/c1-11-8-23(9-12(2)27-11)16-5-4-14(6-15(16)20)24-10-13(7-21)17(22)18(24)19(25)26-3/h4-6,10-12H,8-9,22H2,1-3H3. The fraction of sp³-hybridized carbons (Fsp3) is 0.368. The van der Waals surface area contributed by atoms with Crippen LogP contribution in [0.1, 0.15) is 29.9 Å². The number of nitrogen functional groups attached to an aromatic ring is 1. The summed E-state index contributed by atoms with van der Waals surface area (Å²) in [7, 11) is 1.27. The lowest BCUT2D eigenvalue weighted by Gasteiger charge is -2.37. The average molecular weight is 389 g/mol. The second-order valence-corrected chi connectivity index (χ2v) is 6.98. The number of methoxy groups -OCH3 is 1. The van der Waals surface area contributed by atoms with E-state index in [9.17, 15) is 10.1 Å². The Morgan fingerprint density at radius 3 is 2.59 bits per heavy atom. The number of carbonyl (C=O) groups excluding carboxylic acids is 1. The number of ether oxygens (including phenoxy) is 2. The van der Waals surface area contributed by atoms with Crippen LogP contribution in [0.2, 0.25) is 5.02 Å². The molecule has 142 valence electrons. The minimum absolute atomic E-state index is 0.0837. The average Bonchev–Trinajstić information content (AvgIpc) is 2.96. The van der Waals surface area contributed by atoms with Crippen LogP contribution in [0.3, 0.4) is 0 Å². The van der Waals surface area contributed by atoms with Gasteiger partial charge in [0.1, 0.15) is 6.07 Å². The summed E-state index contributed by atoms with van der Waals surface area (Å²) in [5, 5.41) is 9.77. The topological polar surface area (TPSA) is 93.5 Å². The van der Waals surface area contributed by atoms with Crippen molar-refractivity contribution in [3.63, 3.8) is 0 Å². The molecule has 0 radical (unpaired) electrons. The number of nitriles is 1. The molecule has 0 bridgehead atoms. The van der Waals surface area contributed by atoms with E-state index in [2.05, 4.69) is 4.90 Å². The van der Waals surface area contributed by atoms with Gasteiger partial charge in [0.2, 0.25) is 0 Å². The van der Waals surface area contributed by atoms with Gasteiger partial charge in [-0.05, 0) is 32.0 Å². The maximum Gasteiger partial charge on any atom is 0.357 e. The third-order valence-electron chi connectivity index (χ3n) is 4.51. The van der Waals surface area contributed by atoms with Crippen molar-refractivity contribution in [2.24, 2.45) is 0 Å². The van der Waals surface area contributed by atoms with Gasteiger partial charge in [0.05, 0.1) is 41.3 Å². The Morgan fingerprint density at radius 1 is 1.37 bits per heavy atom. The van der Waals surface area contributed by atoms with E-state index in [1.165, 1.54) is 17.9 Å². The van der Waals surface area contributed by atoms with Gasteiger partial charge < -0.3 is 24.7 Å². The van der Waals surface area contributed by atoms with Crippen LogP contribution in [0.5, 0.6) is 0 Å². The molecule has 2 atom stereocenters. The third kappa shape index (κ3) is 3.59. The van der Waals surface area contributed by atoms with Gasteiger partial charge in [-0.25, -0.2) is 4.79 Å². The molecule has 2 aromatic rings. The highest BCUT2D eigenvalue weighted by molar-refractivity contribution is 6.33. The van der Waals surface area contributed by atoms with Gasteiger partial charge in [-0.3, -0.25) is 0 Å². The maximum absolute atomic E-state index is 12.1. The second-order valence-electron chi connectivity index (χ2n) is 6.58. The number of anilines is 2. The second kappa shape index (κ2) is 7.51. The molecule has 7 nitrogen and oxygen atoms in total. The molecule has 1 aliphatic rings. The number of benzene rings is 1. The highest BCUT2D eigenvalue weighted by Gasteiger charge is 2.25. The van der Waals surface area contributed by atoms with E-state index in [1.807, 2.05) is 32.0 Å². The van der Waals surface area contributed by atoms with Gasteiger partial charge in [0, 0.05) is 25.0 Å². The molecule has 27 heavy (non-hydrogen) atoms. The first-order chi connectivity index (χ1) is 12.8. The van der Waals surface area contributed by atoms with Crippen LogP contribution in [0.25, 0.3) is 5.69 Å². The highest BCUT2D eigenvalue weighted by Crippen LogP contribution is 2.32. The Balaban J connectivity index is 2.02. The Bertz CT molecular complexity index is 908. The van der Waals surface area contributed by atoms with Crippen molar-refractivity contribution in [1.29, 1.82) is 5.26 Å². The number of nitrogens with two attached hydrogens (primary N) is 1. The molecule has 0 aliphatic carbocycles. The number of hydrogen-bond donors (Lipinski definition) is 1. The summed E-state index contributed by atoms with van der Waals surface area (Å²) in [4.78, 5) is 14.3. The molecule has 1 aromatic carbocycles. The van der Waals surface area contributed by atoms with Crippen LogP contribution in [-0.2, 0) is 9.47 Å². The van der Waals surface area contributed by atoms with E-state index in [-0.39, 0.29) is 29.2 Å². The van der Waals surface area contributed by atoms with E-state index in [4.69, 9.17) is 26.8 Å². The predicted octanol–water partition coefficient (Wildman–Crippen LogP) is 2.98. The molecule has 1 saturated heterocycles. The molecule has 8 heteroatoms. The van der Waals surface area contributed by atoms with Gasteiger partial charge in [-0.1, -0.05) is 11.6 Å². The van der Waals surface area contributed by atoms with Crippen LogP contribution < -0.4 is 10.6 Å². The molecule has 0 saturated carbocycles. The summed E-state index contributed by atoms with van der Waals surface area (Å²) in [6.45, 7) is 5.54. The minimum Gasteiger partial charge on any atom is -0.464 e. The van der Waals surface area contributed by atoms with Gasteiger partial charge in [0.25, 0.3) is 0 Å². The summed E-state index contributed by atoms with van der Waals surface area (Å²) in [6.07, 6.45) is 1.72. The molecule has 1 aromatic heterocycles. The van der Waals surface area contributed by atoms with Crippen LogP contribution in [0.4, 0.5) is 11.4 Å². The van der Waals surface area contributed by atoms with E-state index in [0.717, 1.165) is 18.8 Å². The fourth-order valence-electron chi connectivity index (χ4n) is 3.39. The van der Waals surface area contributed by atoms with Gasteiger partial charge in [0.15, 0.2) is 5.69 Å². The summed E-state index contributed by atoms with van der Waals surface area (Å²) in [5.41, 5.74) is 7.84. The van der Waals surface area contributed by atoms with E-state index >= 15 is 0 Å². The minimum atomic E-state index is -0.620. The smallest absolute Gasteiger partial charge is 0.357 e. The van der Waals surface area contributed by atoms with Crippen LogP contribution in [-0.4, -0.2) is 42.9 Å². The van der Waals surface area contributed by atoms with Crippen molar-refractivity contribution in [3.05, 3.63) is 40.7 Å². The number of morpholine rings is 1. The normalized spacial score (nSPS) is 19.6. The van der Waals surface area contributed by atoms with Crippen molar-refractivity contribution in [2.45, 2.75) is 26.1 Å². The molecule has 2 heterocycles. The molecule has 2 unspecified atom stereocenters. The first-order valence-electron chi connectivity index (χ1n) is 8.55. The molecular formula is C19H21ClN4O3. The molecular weight excluding hydrogens is 368 g/mol. The molecule has 2 N–H and O–H groups in total. The molecule has 0 amide bonds. The zero-order valence-corrected chi connectivity index (χ0v) is 16.2. The lowest BCUT2D eigenvalue weighted by molar-refractivity contribution is -0.00521. The van der Waals surface area contributed by atoms with Crippen LogP contribution >= 0.6 is 11.6 Å². The Morgan fingerprint density at radius 2 is 2.04 bits per heavy atom. The van der Waals surface area contributed by atoms with Crippen molar-refractivity contribution >= 4 is 28.9 Å². The first kappa shape index (κ1) is 19.1. The summed E-state index contributed by atoms with van der Waals surface area (Å²) in [6, 6.07) is 7.46. The highest BCUT2D eigenvalue weighted by atomic mass is 35.5. The van der Waals surface area contributed by atoms with Gasteiger partial charge in [-0.15, -0.1) is 0 Å². The largest absolute Gasteiger partial charge is 0.464 e. The molecule has 1 fully saturated rings. The Hall–Kier alpha value is -2.69. The Labute approximate surface area is 162 Å². The van der Waals surface area contributed by atoms with Crippen molar-refractivity contribution < 1.29 is 14.3 Å². The van der Waals surface area contributed by atoms with Crippen molar-refractivity contribution in [3.8, 4) is 11.8 Å². The number of nitrogens with zero attached hydrogens (tertiary/aromatic N) is 3. The SMILES string of the molecule is COC(=O)c1c(N)c(C#N)cn1-c1ccc(N2CC(C)OC(C)C2)c(Cl)c1. The third-order valence-corrected chi connectivity index (χ3v) is 4.82. The number of hydrogen-bond acceptors (Lipinski definition) is 6. The lowest BCUT2D eigenvalue weighted by atomic mass is 10.2. The number of carbonyl (C=O) groups is 1. The van der Waals surface area contributed by atoms with E-state index < -0.39 is 5.97 Å². The Kier molecular flexibility index (Phi) is 5.31. The maximum atomic E-state index is 12.1. The lowest BCUT2D eigenvalue weighted by Crippen LogP contribution is -2.45. The molecule has 1 aliphatic heterocycles. The van der Waals surface area contributed by atoms with E-state index in [0.29, 0.717) is 10.7 Å². The van der Waals surface area contributed by atoms with E-state index in [1.54, 1.807) is 6.07 Å². The summed E-state index contributed by atoms with van der Waals surface area (Å²) >= 11 is 6.55. The fourth-order valence-corrected chi connectivity index (χ4v) is 3.69.